The van der Waals surface area contributed by atoms with E-state index in [-0.39, 0.29) is 39.6 Å². The summed E-state index contributed by atoms with van der Waals surface area (Å²) in [6.45, 7) is 0. The normalized spacial score (nSPS) is 10.1. The number of nitrogens with zero attached hydrogens (tertiary/aromatic N) is 1. The van der Waals surface area contributed by atoms with Crippen LogP contribution in [0, 0.1) is 10.1 Å². The molecular weight excluding hydrogens is 432 g/mol. The maximum atomic E-state index is 12.6. The molecule has 1 N–H and O–H groups in total. The molecule has 0 radical (unpaired) electrons. The van der Waals surface area contributed by atoms with Gasteiger partial charge in [-0.25, -0.2) is 9.59 Å². The molecule has 0 atom stereocenters. The fourth-order valence-corrected chi connectivity index (χ4v) is 2.87. The Hall–Kier alpha value is -4.73. The first-order valence-corrected chi connectivity index (χ1v) is 9.46. The van der Waals surface area contributed by atoms with Crippen LogP contribution >= 0.6 is 0 Å². The van der Waals surface area contributed by atoms with Gasteiger partial charge in [-0.3, -0.25) is 14.9 Å². The zero-order chi connectivity index (χ0) is 24.0. The van der Waals surface area contributed by atoms with E-state index >= 15 is 0 Å². The van der Waals surface area contributed by atoms with Crippen molar-refractivity contribution < 1.29 is 33.5 Å². The zero-order valence-corrected chi connectivity index (χ0v) is 17.6. The fourth-order valence-electron chi connectivity index (χ4n) is 2.87. The van der Waals surface area contributed by atoms with Gasteiger partial charge in [-0.15, -0.1) is 0 Å². The Morgan fingerprint density at radius 2 is 1.45 bits per heavy atom. The molecule has 0 aliphatic rings. The quantitative estimate of drug-likeness (QED) is 0.321. The lowest BCUT2D eigenvalue weighted by molar-refractivity contribution is -0.384. The van der Waals surface area contributed by atoms with Crippen LogP contribution in [-0.4, -0.2) is 37.0 Å². The van der Waals surface area contributed by atoms with Gasteiger partial charge in [0.2, 0.25) is 0 Å². The molecule has 0 aliphatic heterocycles. The van der Waals surface area contributed by atoms with Crippen LogP contribution in [0.2, 0.25) is 0 Å². The van der Waals surface area contributed by atoms with Crippen molar-refractivity contribution in [2.24, 2.45) is 0 Å². The van der Waals surface area contributed by atoms with E-state index in [4.69, 9.17) is 14.2 Å². The van der Waals surface area contributed by atoms with Crippen LogP contribution < -0.4 is 10.1 Å². The lowest BCUT2D eigenvalue weighted by Crippen LogP contribution is -2.13. The van der Waals surface area contributed by atoms with E-state index in [0.717, 1.165) is 6.07 Å². The summed E-state index contributed by atoms with van der Waals surface area (Å²) in [5.74, 6) is -1.63. The minimum Gasteiger partial charge on any atom is -0.465 e. The summed E-state index contributed by atoms with van der Waals surface area (Å²) in [7, 11) is 2.40. The number of methoxy groups -OCH3 is 2. The highest BCUT2D eigenvalue weighted by atomic mass is 16.6. The van der Waals surface area contributed by atoms with Crippen molar-refractivity contribution >= 4 is 29.2 Å². The van der Waals surface area contributed by atoms with Gasteiger partial charge in [0.15, 0.2) is 5.75 Å². The van der Waals surface area contributed by atoms with Crippen LogP contribution in [0.15, 0.2) is 66.7 Å². The molecule has 3 rings (SSSR count). The molecule has 0 spiro atoms. The Bertz CT molecular complexity index is 1200. The molecule has 0 aliphatic carbocycles. The Balaban J connectivity index is 1.91. The van der Waals surface area contributed by atoms with Crippen molar-refractivity contribution in [1.82, 2.24) is 0 Å². The Morgan fingerprint density at radius 1 is 0.818 bits per heavy atom. The van der Waals surface area contributed by atoms with E-state index in [1.54, 1.807) is 24.3 Å². The number of ether oxygens (including phenoxy) is 3. The maximum absolute atomic E-state index is 12.6. The Labute approximate surface area is 187 Å². The van der Waals surface area contributed by atoms with Gasteiger partial charge in [0.25, 0.3) is 11.6 Å². The maximum Gasteiger partial charge on any atom is 0.338 e. The monoisotopic (exact) mass is 450 g/mol. The number of hydrogen-bond acceptors (Lipinski definition) is 8. The van der Waals surface area contributed by atoms with Gasteiger partial charge >= 0.3 is 11.9 Å². The highest BCUT2D eigenvalue weighted by Gasteiger charge is 2.17. The third kappa shape index (κ3) is 5.50. The van der Waals surface area contributed by atoms with E-state index in [1.807, 2.05) is 0 Å². The number of hydrogen-bond donors (Lipinski definition) is 1. The Kier molecular flexibility index (Phi) is 6.99. The highest BCUT2D eigenvalue weighted by molar-refractivity contribution is 6.05. The number of nitro groups is 1. The van der Waals surface area contributed by atoms with Crippen molar-refractivity contribution in [3.05, 3.63) is 93.5 Å². The van der Waals surface area contributed by atoms with Gasteiger partial charge in [-0.05, 0) is 36.4 Å². The lowest BCUT2D eigenvalue weighted by Gasteiger charge is -2.14. The van der Waals surface area contributed by atoms with Gasteiger partial charge < -0.3 is 19.5 Å². The second-order valence-electron chi connectivity index (χ2n) is 6.59. The first kappa shape index (κ1) is 22.9. The number of carbonyl (C=O) groups excluding carboxylic acids is 3. The summed E-state index contributed by atoms with van der Waals surface area (Å²) < 4.78 is 15.3. The largest absolute Gasteiger partial charge is 0.465 e. The molecular formula is C23H18N2O8. The third-order valence-corrected chi connectivity index (χ3v) is 4.43. The first-order valence-electron chi connectivity index (χ1n) is 9.46. The molecule has 0 aromatic heterocycles. The van der Waals surface area contributed by atoms with E-state index < -0.39 is 22.8 Å². The summed E-state index contributed by atoms with van der Waals surface area (Å²) in [5, 5.41) is 13.6. The average molecular weight is 450 g/mol. The molecule has 3 aromatic rings. The van der Waals surface area contributed by atoms with Crippen LogP contribution in [0.5, 0.6) is 11.5 Å². The van der Waals surface area contributed by atoms with Crippen molar-refractivity contribution in [2.75, 3.05) is 19.5 Å². The van der Waals surface area contributed by atoms with Crippen molar-refractivity contribution in [3.63, 3.8) is 0 Å². The van der Waals surface area contributed by atoms with Gasteiger partial charge in [0.1, 0.15) is 5.75 Å². The number of esters is 2. The van der Waals surface area contributed by atoms with E-state index in [1.165, 1.54) is 50.6 Å². The number of carbonyl (C=O) groups is 3. The molecule has 168 valence electrons. The van der Waals surface area contributed by atoms with Crippen LogP contribution in [0.4, 0.5) is 11.4 Å². The molecule has 0 fully saturated rings. The number of non-ortho nitro benzene ring substituents is 1. The van der Waals surface area contributed by atoms with Crippen LogP contribution in [0.3, 0.4) is 0 Å². The summed E-state index contributed by atoms with van der Waals surface area (Å²) in [5.41, 5.74) is 0.251. The zero-order valence-electron chi connectivity index (χ0n) is 17.6. The van der Waals surface area contributed by atoms with Crippen molar-refractivity contribution in [1.29, 1.82) is 0 Å². The number of anilines is 1. The summed E-state index contributed by atoms with van der Waals surface area (Å²) in [6.07, 6.45) is 0. The molecule has 3 aromatic carbocycles. The molecule has 0 unspecified atom stereocenters. The lowest BCUT2D eigenvalue weighted by atomic mass is 10.1. The predicted molar refractivity (Wildman–Crippen MR) is 117 cm³/mol. The van der Waals surface area contributed by atoms with Crippen LogP contribution in [-0.2, 0) is 9.47 Å². The molecule has 33 heavy (non-hydrogen) atoms. The molecule has 0 bridgehead atoms. The van der Waals surface area contributed by atoms with Crippen molar-refractivity contribution in [2.45, 2.75) is 0 Å². The number of rotatable bonds is 7. The van der Waals surface area contributed by atoms with E-state index in [9.17, 15) is 24.5 Å². The molecule has 0 heterocycles. The topological polar surface area (TPSA) is 134 Å². The first-order chi connectivity index (χ1) is 15.8. The number of para-hydroxylation sites is 2. The number of nitrogens with one attached hydrogen (secondary N) is 1. The number of nitro benzene ring substituents is 1. The molecule has 10 heteroatoms. The highest BCUT2D eigenvalue weighted by Crippen LogP contribution is 2.31. The van der Waals surface area contributed by atoms with E-state index in [0.29, 0.717) is 0 Å². The van der Waals surface area contributed by atoms with Crippen molar-refractivity contribution in [3.8, 4) is 11.5 Å². The SMILES string of the molecule is COC(=O)c1cc(Oc2ccccc2NC(=O)c2cccc([N+](=O)[O-])c2)cc(C(=O)OC)c1. The second kappa shape index (κ2) is 10.1. The standard InChI is InChI=1S/C23H18N2O8/c1-31-22(27)15-10-16(23(28)32-2)13-18(12-15)33-20-9-4-3-8-19(20)24-21(26)14-6-5-7-17(11-14)25(29)30/h3-13H,1-2H3,(H,24,26). The molecule has 10 nitrogen and oxygen atoms in total. The smallest absolute Gasteiger partial charge is 0.338 e. The van der Waals surface area contributed by atoms with Gasteiger partial charge in [-0.1, -0.05) is 18.2 Å². The van der Waals surface area contributed by atoms with E-state index in [2.05, 4.69) is 5.32 Å². The minimum absolute atomic E-state index is 0.0634. The number of benzene rings is 3. The molecule has 1 amide bonds. The number of amides is 1. The van der Waals surface area contributed by atoms with Gasteiger partial charge in [-0.2, -0.15) is 0 Å². The van der Waals surface area contributed by atoms with Crippen LogP contribution in [0.25, 0.3) is 0 Å². The summed E-state index contributed by atoms with van der Waals surface area (Å²) in [6, 6.07) is 15.8. The minimum atomic E-state index is -0.683. The van der Waals surface area contributed by atoms with Gasteiger partial charge in [0, 0.05) is 17.7 Å². The molecule has 0 saturated heterocycles. The summed E-state index contributed by atoms with van der Waals surface area (Å²) >= 11 is 0. The predicted octanol–water partition coefficient (Wildman–Crippen LogP) is 4.21. The second-order valence-corrected chi connectivity index (χ2v) is 6.59. The summed E-state index contributed by atoms with van der Waals surface area (Å²) in [4.78, 5) is 47.0. The van der Waals surface area contributed by atoms with Crippen LogP contribution in [0.1, 0.15) is 31.1 Å². The molecule has 0 saturated carbocycles. The average Bonchev–Trinajstić information content (AvgIpc) is 2.84. The Morgan fingerprint density at radius 3 is 2.06 bits per heavy atom. The third-order valence-electron chi connectivity index (χ3n) is 4.43. The fraction of sp³-hybridized carbons (Fsp3) is 0.0870. The van der Waals surface area contributed by atoms with Gasteiger partial charge in [0.05, 0.1) is 36.0 Å².